The van der Waals surface area contributed by atoms with Gasteiger partial charge in [0.25, 0.3) is 0 Å². The van der Waals surface area contributed by atoms with Crippen LogP contribution in [0.1, 0.15) is 59.3 Å². The van der Waals surface area contributed by atoms with Gasteiger partial charge in [-0.15, -0.1) is 0 Å². The van der Waals surface area contributed by atoms with E-state index in [-0.39, 0.29) is 0 Å². The van der Waals surface area contributed by atoms with Crippen molar-refractivity contribution in [2.24, 2.45) is 15.7 Å². The van der Waals surface area contributed by atoms with Gasteiger partial charge in [-0.25, -0.2) is 0 Å². The Balaban J connectivity index is 4.45. The molecule has 6 heteroatoms. The lowest BCUT2D eigenvalue weighted by atomic mass is 10.3. The van der Waals surface area contributed by atoms with Crippen LogP contribution in [0.5, 0.6) is 0 Å². The van der Waals surface area contributed by atoms with Crippen LogP contribution in [0, 0.1) is 0 Å². The van der Waals surface area contributed by atoms with Crippen LogP contribution in [-0.2, 0) is 0 Å². The number of nitrogens with one attached hydrogen (secondary N) is 3. The van der Waals surface area contributed by atoms with E-state index in [2.05, 4.69) is 53.3 Å². The Bertz CT molecular complexity index is 349. The largest absolute Gasteiger partial charge is 0.372 e. The van der Waals surface area contributed by atoms with Crippen molar-refractivity contribution in [1.82, 2.24) is 16.0 Å². The molecular formula is C16H34N6. The molecule has 0 fully saturated rings. The normalized spacial score (nSPS) is 12.1. The van der Waals surface area contributed by atoms with Gasteiger partial charge in [-0.2, -0.15) is 0 Å². The number of unbranched alkanes of at least 4 members (excludes halogenated alkanes) is 3. The van der Waals surface area contributed by atoms with Crippen LogP contribution in [0.15, 0.2) is 22.4 Å². The second-order valence-corrected chi connectivity index (χ2v) is 5.21. The fourth-order valence-electron chi connectivity index (χ4n) is 1.58. The molecule has 0 saturated heterocycles. The second kappa shape index (κ2) is 14.2. The molecule has 0 aliphatic carbocycles. The Morgan fingerprint density at radius 2 is 1.50 bits per heavy atom. The van der Waals surface area contributed by atoms with Crippen molar-refractivity contribution in [2.75, 3.05) is 19.6 Å². The number of hydrogen-bond donors (Lipinski definition) is 4. The smallest absolute Gasteiger partial charge is 0.203 e. The quantitative estimate of drug-likeness (QED) is 0.268. The van der Waals surface area contributed by atoms with Gasteiger partial charge in [0.1, 0.15) is 0 Å². The van der Waals surface area contributed by atoms with Crippen LogP contribution in [-0.4, -0.2) is 31.6 Å². The topological polar surface area (TPSA) is 86.8 Å². The van der Waals surface area contributed by atoms with Crippen LogP contribution in [0.3, 0.4) is 0 Å². The summed E-state index contributed by atoms with van der Waals surface area (Å²) in [4.78, 5) is 8.76. The van der Waals surface area contributed by atoms with E-state index in [4.69, 9.17) is 5.73 Å². The van der Waals surface area contributed by atoms with E-state index >= 15 is 0 Å². The summed E-state index contributed by atoms with van der Waals surface area (Å²) in [6.07, 6.45) is 6.53. The van der Waals surface area contributed by atoms with Gasteiger partial charge in [-0.3, -0.25) is 15.3 Å². The molecule has 5 N–H and O–H groups in total. The summed E-state index contributed by atoms with van der Waals surface area (Å²) in [6, 6.07) is 0. The molecule has 0 saturated carbocycles. The van der Waals surface area contributed by atoms with Gasteiger partial charge in [0, 0.05) is 19.6 Å². The lowest BCUT2D eigenvalue weighted by Gasteiger charge is -2.15. The zero-order valence-electron chi connectivity index (χ0n) is 14.5. The number of nitrogens with zero attached hydrogens (tertiary/aromatic N) is 2. The first-order valence-corrected chi connectivity index (χ1v) is 8.45. The SMILES string of the molecule is C=C(NCCCC)NC(=NCCCC)NC(N)=NCCCC. The van der Waals surface area contributed by atoms with Crippen LogP contribution in [0.2, 0.25) is 0 Å². The van der Waals surface area contributed by atoms with Crippen LogP contribution in [0.25, 0.3) is 0 Å². The maximum absolute atomic E-state index is 5.88. The summed E-state index contributed by atoms with van der Waals surface area (Å²) in [7, 11) is 0. The molecule has 0 aromatic carbocycles. The van der Waals surface area contributed by atoms with E-state index in [1.54, 1.807) is 0 Å². The first-order chi connectivity index (χ1) is 10.6. The van der Waals surface area contributed by atoms with Crippen LogP contribution >= 0.6 is 0 Å². The molecule has 0 unspecified atom stereocenters. The Hall–Kier alpha value is -1.72. The number of rotatable bonds is 11. The second-order valence-electron chi connectivity index (χ2n) is 5.21. The van der Waals surface area contributed by atoms with Crippen LogP contribution in [0.4, 0.5) is 0 Å². The number of hydrogen-bond acceptors (Lipinski definition) is 3. The fraction of sp³-hybridized carbons (Fsp3) is 0.750. The molecule has 0 aliphatic heterocycles. The minimum absolute atomic E-state index is 0.387. The van der Waals surface area contributed by atoms with Gasteiger partial charge in [0.15, 0.2) is 5.96 Å². The van der Waals surface area contributed by atoms with Crippen molar-refractivity contribution in [3.05, 3.63) is 12.4 Å². The average molecular weight is 310 g/mol. The number of guanidine groups is 2. The highest BCUT2D eigenvalue weighted by Gasteiger charge is 2.02. The molecule has 0 heterocycles. The van der Waals surface area contributed by atoms with Crippen molar-refractivity contribution < 1.29 is 0 Å². The van der Waals surface area contributed by atoms with Crippen molar-refractivity contribution >= 4 is 11.9 Å². The summed E-state index contributed by atoms with van der Waals surface area (Å²) in [5.41, 5.74) is 5.88. The first-order valence-electron chi connectivity index (χ1n) is 8.45. The molecular weight excluding hydrogens is 276 g/mol. The molecule has 0 aliphatic rings. The van der Waals surface area contributed by atoms with E-state index in [1.165, 1.54) is 0 Å². The molecule has 6 nitrogen and oxygen atoms in total. The monoisotopic (exact) mass is 310 g/mol. The molecule has 0 amide bonds. The minimum atomic E-state index is 0.387. The molecule has 0 atom stereocenters. The van der Waals surface area contributed by atoms with E-state index in [1.807, 2.05) is 0 Å². The Kier molecular flexibility index (Phi) is 13.1. The molecule has 22 heavy (non-hydrogen) atoms. The van der Waals surface area contributed by atoms with E-state index in [0.717, 1.165) is 64.0 Å². The maximum atomic E-state index is 5.88. The van der Waals surface area contributed by atoms with Gasteiger partial charge in [-0.1, -0.05) is 46.6 Å². The molecule has 128 valence electrons. The fourth-order valence-corrected chi connectivity index (χ4v) is 1.58. The Morgan fingerprint density at radius 3 is 2.09 bits per heavy atom. The number of aliphatic imine (C=N–C) groups is 2. The highest BCUT2D eigenvalue weighted by Crippen LogP contribution is 1.90. The first kappa shape index (κ1) is 20.3. The predicted molar refractivity (Wildman–Crippen MR) is 96.9 cm³/mol. The van der Waals surface area contributed by atoms with Gasteiger partial charge in [0.05, 0.1) is 5.82 Å². The summed E-state index contributed by atoms with van der Waals surface area (Å²) in [5.74, 6) is 1.70. The zero-order valence-corrected chi connectivity index (χ0v) is 14.5. The van der Waals surface area contributed by atoms with Crippen molar-refractivity contribution in [1.29, 1.82) is 0 Å². The van der Waals surface area contributed by atoms with Crippen molar-refractivity contribution in [3.63, 3.8) is 0 Å². The van der Waals surface area contributed by atoms with E-state index in [0.29, 0.717) is 11.9 Å². The molecule has 0 spiro atoms. The summed E-state index contributed by atoms with van der Waals surface area (Å²) < 4.78 is 0. The Morgan fingerprint density at radius 1 is 0.909 bits per heavy atom. The van der Waals surface area contributed by atoms with Gasteiger partial charge < -0.3 is 16.4 Å². The van der Waals surface area contributed by atoms with E-state index < -0.39 is 0 Å². The third kappa shape index (κ3) is 12.1. The third-order valence-electron chi connectivity index (χ3n) is 2.96. The highest BCUT2D eigenvalue weighted by molar-refractivity contribution is 5.98. The lowest BCUT2D eigenvalue weighted by molar-refractivity contribution is 0.689. The Labute approximate surface area is 135 Å². The van der Waals surface area contributed by atoms with Gasteiger partial charge in [-0.05, 0) is 19.3 Å². The van der Waals surface area contributed by atoms with Gasteiger partial charge >= 0.3 is 0 Å². The highest BCUT2D eigenvalue weighted by atomic mass is 15.3. The maximum Gasteiger partial charge on any atom is 0.203 e. The van der Waals surface area contributed by atoms with Crippen molar-refractivity contribution in [3.8, 4) is 0 Å². The molecule has 0 rings (SSSR count). The van der Waals surface area contributed by atoms with Crippen LogP contribution < -0.4 is 21.7 Å². The molecule has 0 aromatic rings. The third-order valence-corrected chi connectivity index (χ3v) is 2.96. The van der Waals surface area contributed by atoms with Gasteiger partial charge in [0.2, 0.25) is 5.96 Å². The van der Waals surface area contributed by atoms with E-state index in [9.17, 15) is 0 Å². The average Bonchev–Trinajstić information content (AvgIpc) is 2.48. The molecule has 0 aromatic heterocycles. The summed E-state index contributed by atoms with van der Waals surface area (Å²) in [5, 5.41) is 9.37. The molecule has 0 radical (unpaired) electrons. The predicted octanol–water partition coefficient (Wildman–Crippen LogP) is 2.30. The lowest BCUT2D eigenvalue weighted by Crippen LogP contribution is -2.46. The summed E-state index contributed by atoms with van der Waals surface area (Å²) in [6.45, 7) is 12.8. The number of nitrogens with two attached hydrogens (primary N) is 1. The molecule has 0 bridgehead atoms. The van der Waals surface area contributed by atoms with Crippen molar-refractivity contribution in [2.45, 2.75) is 59.3 Å². The summed E-state index contributed by atoms with van der Waals surface area (Å²) >= 11 is 0. The zero-order chi connectivity index (χ0) is 16.6. The minimum Gasteiger partial charge on any atom is -0.372 e. The standard InChI is InChI=1S/C16H34N6/c1-5-8-11-18-14(4)21-16(20-13-10-7-3)22-15(17)19-12-9-6-2/h18H,4-13H2,1-3H3,(H4,17,19,20,21,22).